The van der Waals surface area contributed by atoms with Crippen LogP contribution in [0, 0.1) is 6.92 Å². The van der Waals surface area contributed by atoms with E-state index in [0.717, 1.165) is 53.6 Å². The van der Waals surface area contributed by atoms with E-state index in [2.05, 4.69) is 22.3 Å². The van der Waals surface area contributed by atoms with Crippen LogP contribution in [-0.4, -0.2) is 60.4 Å². The average Bonchev–Trinajstić information content (AvgIpc) is 3.41. The number of amides is 3. The molecular formula is C31H32N4O5. The van der Waals surface area contributed by atoms with Crippen molar-refractivity contribution in [2.24, 2.45) is 0 Å². The third-order valence-electron chi connectivity index (χ3n) is 8.28. The van der Waals surface area contributed by atoms with Gasteiger partial charge < -0.3 is 24.4 Å². The van der Waals surface area contributed by atoms with Gasteiger partial charge in [-0.25, -0.2) is 4.79 Å². The van der Waals surface area contributed by atoms with E-state index in [4.69, 9.17) is 14.2 Å². The number of piperazine rings is 1. The number of fused-ring (bicyclic) bond motifs is 5. The number of nitrogens with one attached hydrogen (secondary N) is 1. The summed E-state index contributed by atoms with van der Waals surface area (Å²) >= 11 is 0. The fourth-order valence-electron chi connectivity index (χ4n) is 6.25. The topological polar surface area (TPSA) is 83.6 Å². The molecule has 0 spiro atoms. The Hall–Kier alpha value is -4.24. The van der Waals surface area contributed by atoms with E-state index in [9.17, 15) is 9.59 Å². The highest BCUT2D eigenvalue weighted by Gasteiger charge is 2.50. The first-order valence-corrected chi connectivity index (χ1v) is 13.8. The van der Waals surface area contributed by atoms with Crippen LogP contribution in [0.1, 0.15) is 46.4 Å². The first-order chi connectivity index (χ1) is 19.4. The lowest BCUT2D eigenvalue weighted by atomic mass is 9.89. The Bertz CT molecular complexity index is 1500. The summed E-state index contributed by atoms with van der Waals surface area (Å²) < 4.78 is 17.3. The minimum Gasteiger partial charge on any atom is -0.467 e. The predicted molar refractivity (Wildman–Crippen MR) is 149 cm³/mol. The monoisotopic (exact) mass is 540 g/mol. The maximum absolute atomic E-state index is 13.5. The molecule has 4 aliphatic rings. The standard InChI is InChI=1S/C31H32N4O5/c1-20-6-8-26-24(14-20)25-17-31(2,40-26)35(30(37)32-25)23-5-3-4-22(16-23)29(36)34-12-10-33(11-13-34)18-21-7-9-27-28(15-21)39-19-38-27/h3-9,14-16,25H,10-13,17-19H2,1-2H3,(H,32,37)/t25-,31-/m1/s1. The van der Waals surface area contributed by atoms with Gasteiger partial charge in [0.05, 0.1) is 11.7 Å². The molecule has 0 saturated carbocycles. The van der Waals surface area contributed by atoms with Gasteiger partial charge in [-0.3, -0.25) is 14.6 Å². The minimum atomic E-state index is -0.864. The number of rotatable bonds is 4. The number of carbonyl (C=O) groups excluding carboxylic acids is 2. The van der Waals surface area contributed by atoms with Gasteiger partial charge in [-0.15, -0.1) is 0 Å². The molecule has 2 saturated heterocycles. The second kappa shape index (κ2) is 9.45. The molecule has 40 heavy (non-hydrogen) atoms. The Morgan fingerprint density at radius 1 is 0.975 bits per heavy atom. The molecule has 0 aromatic heterocycles. The van der Waals surface area contributed by atoms with E-state index < -0.39 is 5.72 Å². The molecule has 2 atom stereocenters. The second-order valence-electron chi connectivity index (χ2n) is 11.2. The van der Waals surface area contributed by atoms with E-state index in [1.54, 1.807) is 11.0 Å². The van der Waals surface area contributed by atoms with E-state index in [0.29, 0.717) is 30.8 Å². The first-order valence-electron chi connectivity index (χ1n) is 13.8. The van der Waals surface area contributed by atoms with Crippen molar-refractivity contribution in [1.29, 1.82) is 0 Å². The summed E-state index contributed by atoms with van der Waals surface area (Å²) in [5.74, 6) is 2.32. The van der Waals surface area contributed by atoms with Gasteiger partial charge in [0.15, 0.2) is 17.2 Å². The summed E-state index contributed by atoms with van der Waals surface area (Å²) in [7, 11) is 0. The van der Waals surface area contributed by atoms with E-state index in [1.807, 2.05) is 61.2 Å². The van der Waals surface area contributed by atoms with Crippen molar-refractivity contribution in [2.45, 2.75) is 38.6 Å². The van der Waals surface area contributed by atoms with Crippen LogP contribution < -0.4 is 24.4 Å². The third-order valence-corrected chi connectivity index (χ3v) is 8.28. The molecule has 1 N–H and O–H groups in total. The number of ether oxygens (including phenoxy) is 3. The molecule has 0 unspecified atom stereocenters. The van der Waals surface area contributed by atoms with Gasteiger partial charge >= 0.3 is 6.03 Å². The van der Waals surface area contributed by atoms with Crippen LogP contribution in [0.2, 0.25) is 0 Å². The van der Waals surface area contributed by atoms with Crippen molar-refractivity contribution >= 4 is 17.6 Å². The van der Waals surface area contributed by atoms with E-state index in [1.165, 1.54) is 0 Å². The molecular weight excluding hydrogens is 508 g/mol. The quantitative estimate of drug-likeness (QED) is 0.527. The molecule has 7 rings (SSSR count). The minimum absolute atomic E-state index is 0.0320. The zero-order valence-electron chi connectivity index (χ0n) is 22.7. The predicted octanol–water partition coefficient (Wildman–Crippen LogP) is 4.45. The summed E-state index contributed by atoms with van der Waals surface area (Å²) in [4.78, 5) is 32.8. The lowest BCUT2D eigenvalue weighted by molar-refractivity contribution is 0.0377. The average molecular weight is 541 g/mol. The van der Waals surface area contributed by atoms with Crippen molar-refractivity contribution in [2.75, 3.05) is 37.9 Å². The summed E-state index contributed by atoms with van der Waals surface area (Å²) in [6, 6.07) is 19.1. The molecule has 4 heterocycles. The van der Waals surface area contributed by atoms with Crippen LogP contribution in [0.3, 0.4) is 0 Å². The second-order valence-corrected chi connectivity index (χ2v) is 11.2. The molecule has 3 aromatic rings. The number of anilines is 1. The lowest BCUT2D eigenvalue weighted by Crippen LogP contribution is -2.65. The van der Waals surface area contributed by atoms with Gasteiger partial charge in [0.25, 0.3) is 5.91 Å². The van der Waals surface area contributed by atoms with Crippen LogP contribution in [0.4, 0.5) is 10.5 Å². The molecule has 3 amide bonds. The summed E-state index contributed by atoms with van der Waals surface area (Å²) in [5, 5.41) is 3.15. The Morgan fingerprint density at radius 2 is 1.77 bits per heavy atom. The third kappa shape index (κ3) is 4.30. The Kier molecular flexibility index (Phi) is 5.85. The Morgan fingerprint density at radius 3 is 2.62 bits per heavy atom. The highest BCUT2D eigenvalue weighted by atomic mass is 16.7. The Balaban J connectivity index is 1.04. The zero-order chi connectivity index (χ0) is 27.4. The molecule has 2 bridgehead atoms. The molecule has 9 nitrogen and oxygen atoms in total. The van der Waals surface area contributed by atoms with Gasteiger partial charge in [-0.05, 0) is 55.8 Å². The van der Waals surface area contributed by atoms with Crippen molar-refractivity contribution in [3.8, 4) is 17.2 Å². The number of aryl methyl sites for hydroxylation is 1. The van der Waals surface area contributed by atoms with Crippen LogP contribution in [-0.2, 0) is 6.54 Å². The maximum Gasteiger partial charge on any atom is 0.325 e. The summed E-state index contributed by atoms with van der Waals surface area (Å²) in [6.45, 7) is 7.86. The van der Waals surface area contributed by atoms with E-state index in [-0.39, 0.29) is 24.8 Å². The molecule has 4 aliphatic heterocycles. The van der Waals surface area contributed by atoms with E-state index >= 15 is 0 Å². The SMILES string of the molecule is Cc1ccc2c(c1)[C@H]1C[C@@](C)(O2)N(c2cccc(C(=O)N3CCN(Cc4ccc5c(c4)OCO5)CC3)c2)C(=O)N1. The molecule has 2 fully saturated rings. The highest BCUT2D eigenvalue weighted by Crippen LogP contribution is 2.46. The number of benzene rings is 3. The molecule has 206 valence electrons. The maximum atomic E-state index is 13.5. The number of hydrogen-bond donors (Lipinski definition) is 1. The number of hydrogen-bond acceptors (Lipinski definition) is 6. The number of carbonyl (C=O) groups is 2. The molecule has 0 radical (unpaired) electrons. The molecule has 3 aromatic carbocycles. The number of urea groups is 1. The molecule has 0 aliphatic carbocycles. The van der Waals surface area contributed by atoms with Gasteiger partial charge in [0, 0.05) is 50.3 Å². The van der Waals surface area contributed by atoms with Crippen molar-refractivity contribution in [1.82, 2.24) is 15.1 Å². The largest absolute Gasteiger partial charge is 0.467 e. The summed E-state index contributed by atoms with van der Waals surface area (Å²) in [5.41, 5.74) is 3.63. The normalized spacial score (nSPS) is 23.4. The van der Waals surface area contributed by atoms with Crippen molar-refractivity contribution in [3.05, 3.63) is 82.9 Å². The van der Waals surface area contributed by atoms with Crippen LogP contribution in [0.25, 0.3) is 0 Å². The smallest absolute Gasteiger partial charge is 0.325 e. The van der Waals surface area contributed by atoms with Crippen molar-refractivity contribution in [3.63, 3.8) is 0 Å². The fraction of sp³-hybridized carbons (Fsp3) is 0.355. The summed E-state index contributed by atoms with van der Waals surface area (Å²) in [6.07, 6.45) is 0.610. The van der Waals surface area contributed by atoms with Crippen molar-refractivity contribution < 1.29 is 23.8 Å². The van der Waals surface area contributed by atoms with Crippen LogP contribution in [0.5, 0.6) is 17.2 Å². The highest BCUT2D eigenvalue weighted by molar-refractivity contribution is 5.99. The van der Waals surface area contributed by atoms with Crippen LogP contribution in [0.15, 0.2) is 60.7 Å². The fourth-order valence-corrected chi connectivity index (χ4v) is 6.25. The zero-order valence-corrected chi connectivity index (χ0v) is 22.7. The number of nitrogens with zero attached hydrogens (tertiary/aromatic N) is 3. The van der Waals surface area contributed by atoms with Gasteiger partial charge in [-0.2, -0.15) is 0 Å². The van der Waals surface area contributed by atoms with Gasteiger partial charge in [0.1, 0.15) is 5.75 Å². The first kappa shape index (κ1) is 24.8. The Labute approximate surface area is 233 Å². The van der Waals surface area contributed by atoms with Gasteiger partial charge in [0.2, 0.25) is 6.79 Å². The van der Waals surface area contributed by atoms with Gasteiger partial charge in [-0.1, -0.05) is 29.8 Å². The lowest BCUT2D eigenvalue weighted by Gasteiger charge is -2.50. The molecule has 9 heteroatoms. The van der Waals surface area contributed by atoms with Crippen LogP contribution >= 0.6 is 0 Å².